The predicted octanol–water partition coefficient (Wildman–Crippen LogP) is 4.19. The van der Waals surface area contributed by atoms with Gasteiger partial charge in [-0.15, -0.1) is 0 Å². The molecular formula is C20H19NO2S. The van der Waals surface area contributed by atoms with Crippen LogP contribution in [0, 0.1) is 6.92 Å². The molecule has 0 bridgehead atoms. The van der Waals surface area contributed by atoms with Gasteiger partial charge in [0.15, 0.2) is 0 Å². The van der Waals surface area contributed by atoms with Gasteiger partial charge in [0, 0.05) is 12.1 Å². The minimum Gasteiger partial charge on any atom is -0.387 e. The van der Waals surface area contributed by atoms with Gasteiger partial charge >= 0.3 is 0 Å². The van der Waals surface area contributed by atoms with Crippen LogP contribution >= 0.6 is 11.3 Å². The normalized spacial score (nSPS) is 11.9. The molecule has 0 radical (unpaired) electrons. The van der Waals surface area contributed by atoms with Gasteiger partial charge in [-0.3, -0.25) is 4.79 Å². The van der Waals surface area contributed by atoms with Crippen LogP contribution in [0.25, 0.3) is 11.1 Å². The molecule has 0 aliphatic heterocycles. The van der Waals surface area contributed by atoms with Gasteiger partial charge in [0.05, 0.1) is 6.10 Å². The van der Waals surface area contributed by atoms with Crippen molar-refractivity contribution < 1.29 is 9.90 Å². The van der Waals surface area contributed by atoms with Crippen LogP contribution in [-0.2, 0) is 0 Å². The lowest BCUT2D eigenvalue weighted by molar-refractivity contribution is 0.0915. The molecule has 122 valence electrons. The van der Waals surface area contributed by atoms with E-state index in [1.54, 1.807) is 17.4 Å². The quantitative estimate of drug-likeness (QED) is 0.733. The first-order chi connectivity index (χ1) is 11.6. The van der Waals surface area contributed by atoms with E-state index in [2.05, 4.69) is 16.8 Å². The molecule has 1 heterocycles. The zero-order valence-electron chi connectivity index (χ0n) is 13.4. The third-order valence-electron chi connectivity index (χ3n) is 4.00. The van der Waals surface area contributed by atoms with Crippen LogP contribution in [0.3, 0.4) is 0 Å². The van der Waals surface area contributed by atoms with Crippen molar-refractivity contribution in [3.63, 3.8) is 0 Å². The van der Waals surface area contributed by atoms with Gasteiger partial charge < -0.3 is 10.4 Å². The third kappa shape index (κ3) is 3.72. The summed E-state index contributed by atoms with van der Waals surface area (Å²) >= 11 is 1.66. The summed E-state index contributed by atoms with van der Waals surface area (Å²) in [6, 6.07) is 17.3. The van der Waals surface area contributed by atoms with E-state index in [0.29, 0.717) is 5.56 Å². The maximum Gasteiger partial charge on any atom is 0.251 e. The van der Waals surface area contributed by atoms with Gasteiger partial charge in [0.1, 0.15) is 0 Å². The molecule has 24 heavy (non-hydrogen) atoms. The van der Waals surface area contributed by atoms with Crippen LogP contribution in [0.4, 0.5) is 0 Å². The minimum absolute atomic E-state index is 0.165. The number of benzene rings is 2. The van der Waals surface area contributed by atoms with Crippen molar-refractivity contribution in [2.75, 3.05) is 6.54 Å². The Morgan fingerprint density at radius 3 is 2.50 bits per heavy atom. The number of hydrogen-bond donors (Lipinski definition) is 2. The first-order valence-corrected chi connectivity index (χ1v) is 8.74. The summed E-state index contributed by atoms with van der Waals surface area (Å²) in [6.45, 7) is 2.08. The molecule has 1 aromatic heterocycles. The van der Waals surface area contributed by atoms with E-state index in [1.807, 2.05) is 54.8 Å². The summed E-state index contributed by atoms with van der Waals surface area (Å²) in [5, 5.41) is 17.2. The highest BCUT2D eigenvalue weighted by Gasteiger charge is 2.12. The Morgan fingerprint density at radius 1 is 1.08 bits per heavy atom. The zero-order valence-corrected chi connectivity index (χ0v) is 14.2. The summed E-state index contributed by atoms with van der Waals surface area (Å²) in [5.41, 5.74) is 4.64. The molecule has 0 fully saturated rings. The van der Waals surface area contributed by atoms with Gasteiger partial charge in [0.25, 0.3) is 5.91 Å². The van der Waals surface area contributed by atoms with E-state index in [4.69, 9.17) is 0 Å². The first-order valence-electron chi connectivity index (χ1n) is 7.79. The number of amides is 1. The lowest BCUT2D eigenvalue weighted by atomic mass is 10.0. The van der Waals surface area contributed by atoms with E-state index in [1.165, 1.54) is 5.56 Å². The molecule has 0 saturated carbocycles. The maximum absolute atomic E-state index is 12.2. The molecule has 1 unspecified atom stereocenters. The van der Waals surface area contributed by atoms with E-state index in [9.17, 15) is 9.90 Å². The Morgan fingerprint density at radius 2 is 1.83 bits per heavy atom. The van der Waals surface area contributed by atoms with E-state index >= 15 is 0 Å². The van der Waals surface area contributed by atoms with Crippen LogP contribution in [0.1, 0.15) is 27.6 Å². The molecule has 0 spiro atoms. The second-order valence-corrected chi connectivity index (χ2v) is 6.45. The van der Waals surface area contributed by atoms with Gasteiger partial charge in [-0.05, 0) is 52.1 Å². The lowest BCUT2D eigenvalue weighted by Gasteiger charge is -2.13. The van der Waals surface area contributed by atoms with Crippen molar-refractivity contribution >= 4 is 17.2 Å². The second-order valence-electron chi connectivity index (χ2n) is 5.67. The molecule has 2 N–H and O–H groups in total. The fourth-order valence-corrected chi connectivity index (χ4v) is 3.22. The average Bonchev–Trinajstić information content (AvgIpc) is 3.14. The molecular weight excluding hydrogens is 318 g/mol. The smallest absolute Gasteiger partial charge is 0.251 e. The second kappa shape index (κ2) is 7.43. The molecule has 0 aliphatic rings. The molecule has 0 aliphatic carbocycles. The van der Waals surface area contributed by atoms with Gasteiger partial charge in [0.2, 0.25) is 0 Å². The van der Waals surface area contributed by atoms with E-state index in [0.717, 1.165) is 16.7 Å². The molecule has 3 nitrogen and oxygen atoms in total. The van der Waals surface area contributed by atoms with E-state index < -0.39 is 6.10 Å². The first kappa shape index (κ1) is 16.4. The fourth-order valence-electron chi connectivity index (χ4n) is 2.56. The van der Waals surface area contributed by atoms with Gasteiger partial charge in [-0.1, -0.05) is 42.5 Å². The maximum atomic E-state index is 12.2. The van der Waals surface area contributed by atoms with Crippen LogP contribution in [-0.4, -0.2) is 17.6 Å². The van der Waals surface area contributed by atoms with Crippen molar-refractivity contribution in [1.29, 1.82) is 0 Å². The van der Waals surface area contributed by atoms with Gasteiger partial charge in [-0.2, -0.15) is 11.3 Å². The van der Waals surface area contributed by atoms with Crippen molar-refractivity contribution in [3.05, 3.63) is 82.0 Å². The zero-order chi connectivity index (χ0) is 16.9. The number of carbonyl (C=O) groups excluding carboxylic acids is 1. The largest absolute Gasteiger partial charge is 0.387 e. The van der Waals surface area contributed by atoms with Crippen LogP contribution in [0.5, 0.6) is 0 Å². The van der Waals surface area contributed by atoms with Crippen LogP contribution in [0.15, 0.2) is 65.4 Å². The highest BCUT2D eigenvalue weighted by Crippen LogP contribution is 2.24. The minimum atomic E-state index is -0.727. The summed E-state index contributed by atoms with van der Waals surface area (Å²) in [4.78, 5) is 12.2. The van der Waals surface area contributed by atoms with Crippen molar-refractivity contribution in [1.82, 2.24) is 5.32 Å². The van der Waals surface area contributed by atoms with Crippen LogP contribution < -0.4 is 5.32 Å². The molecule has 3 aromatic rings. The molecule has 2 aromatic carbocycles. The Labute approximate surface area is 145 Å². The number of aryl methyl sites for hydroxylation is 1. The van der Waals surface area contributed by atoms with Crippen molar-refractivity contribution in [3.8, 4) is 11.1 Å². The third-order valence-corrected chi connectivity index (χ3v) is 4.68. The molecule has 1 atom stereocenters. The number of thiophene rings is 1. The monoisotopic (exact) mass is 337 g/mol. The summed E-state index contributed by atoms with van der Waals surface area (Å²) in [7, 11) is 0. The van der Waals surface area contributed by atoms with Crippen LogP contribution in [0.2, 0.25) is 0 Å². The Kier molecular flexibility index (Phi) is 5.08. The van der Waals surface area contributed by atoms with Gasteiger partial charge in [-0.25, -0.2) is 0 Å². The van der Waals surface area contributed by atoms with Crippen molar-refractivity contribution in [2.45, 2.75) is 13.0 Å². The molecule has 4 heteroatoms. The average molecular weight is 337 g/mol. The predicted molar refractivity (Wildman–Crippen MR) is 98.2 cm³/mol. The highest BCUT2D eigenvalue weighted by atomic mass is 32.1. The van der Waals surface area contributed by atoms with E-state index in [-0.39, 0.29) is 12.5 Å². The lowest BCUT2D eigenvalue weighted by Crippen LogP contribution is -2.28. The summed E-state index contributed by atoms with van der Waals surface area (Å²) < 4.78 is 0. The fraction of sp³-hybridized carbons (Fsp3) is 0.150. The number of aliphatic hydroxyl groups excluding tert-OH is 1. The molecule has 1 amide bonds. The Bertz CT molecular complexity index is 810. The SMILES string of the molecule is Cc1ccccc1C(=O)NCC(O)c1ccc(-c2ccsc2)cc1. The Hall–Kier alpha value is -2.43. The highest BCUT2D eigenvalue weighted by molar-refractivity contribution is 7.08. The Balaban J connectivity index is 1.62. The summed E-state index contributed by atoms with van der Waals surface area (Å²) in [5.74, 6) is -0.165. The number of carbonyl (C=O) groups is 1. The number of hydrogen-bond acceptors (Lipinski definition) is 3. The van der Waals surface area contributed by atoms with Crippen molar-refractivity contribution in [2.24, 2.45) is 0 Å². The molecule has 0 saturated heterocycles. The topological polar surface area (TPSA) is 49.3 Å². The summed E-state index contributed by atoms with van der Waals surface area (Å²) in [6.07, 6.45) is -0.727. The number of rotatable bonds is 5. The molecule has 3 rings (SSSR count). The number of nitrogens with one attached hydrogen (secondary N) is 1. The number of aliphatic hydroxyl groups is 1. The standard InChI is InChI=1S/C20H19NO2S/c1-14-4-2-3-5-18(14)20(23)21-12-19(22)16-8-6-15(7-9-16)17-10-11-24-13-17/h2-11,13,19,22H,12H2,1H3,(H,21,23).